The largest absolute Gasteiger partial charge is 0.506 e. The first kappa shape index (κ1) is 21.4. The van der Waals surface area contributed by atoms with Crippen LogP contribution in [0.5, 0.6) is 5.75 Å². The molecule has 7 heteroatoms. The lowest BCUT2D eigenvalue weighted by molar-refractivity contribution is 0.0876. The van der Waals surface area contributed by atoms with Crippen LogP contribution in [0.25, 0.3) is 0 Å². The molecule has 1 atom stereocenters. The third-order valence-corrected chi connectivity index (χ3v) is 5.67. The number of nitrogens with zero attached hydrogens (tertiary/aromatic N) is 3. The van der Waals surface area contributed by atoms with E-state index in [0.29, 0.717) is 23.2 Å². The maximum absolute atomic E-state index is 13.0. The standard InChI is InChI=1S/C22H28FN3O3/c1-15-22(29)19(14-27)18(12-24-15)20-13-26(11-10-25(20)2)9-3-4-21(28)16-5-7-17(23)8-6-16/h5-8,12,20,27,29H,3-4,9-11,13-14H2,1-2H3. The highest BCUT2D eigenvalue weighted by Gasteiger charge is 2.28. The summed E-state index contributed by atoms with van der Waals surface area (Å²) in [5.41, 5.74) is 2.41. The Morgan fingerprint density at radius 2 is 2.00 bits per heavy atom. The van der Waals surface area contributed by atoms with Crippen LogP contribution < -0.4 is 0 Å². The van der Waals surface area contributed by atoms with E-state index in [1.807, 2.05) is 7.05 Å². The minimum atomic E-state index is -0.344. The molecule has 1 aliphatic heterocycles. The van der Waals surface area contributed by atoms with Gasteiger partial charge in [-0.2, -0.15) is 0 Å². The normalized spacial score (nSPS) is 18.1. The number of aromatic nitrogens is 1. The maximum Gasteiger partial charge on any atom is 0.162 e. The molecule has 1 aromatic heterocycles. The van der Waals surface area contributed by atoms with Crippen LogP contribution in [0.3, 0.4) is 0 Å². The second kappa shape index (κ2) is 9.43. The number of likely N-dealkylation sites (N-methyl/N-ethyl adjacent to an activating group) is 1. The summed E-state index contributed by atoms with van der Waals surface area (Å²) >= 11 is 0. The van der Waals surface area contributed by atoms with E-state index in [1.165, 1.54) is 24.3 Å². The average molecular weight is 401 g/mol. The fourth-order valence-corrected chi connectivity index (χ4v) is 3.83. The number of carbonyl (C=O) groups is 1. The van der Waals surface area contributed by atoms with Gasteiger partial charge in [0.05, 0.1) is 12.3 Å². The van der Waals surface area contributed by atoms with Crippen LogP contribution in [0, 0.1) is 12.7 Å². The topological polar surface area (TPSA) is 76.9 Å². The molecule has 0 bridgehead atoms. The van der Waals surface area contributed by atoms with E-state index in [-0.39, 0.29) is 30.0 Å². The molecular weight excluding hydrogens is 373 g/mol. The first-order valence-electron chi connectivity index (χ1n) is 9.90. The lowest BCUT2D eigenvalue weighted by atomic mass is 9.98. The van der Waals surface area contributed by atoms with Crippen molar-refractivity contribution in [2.75, 3.05) is 33.2 Å². The predicted octanol–water partition coefficient (Wildman–Crippen LogP) is 2.68. The molecule has 0 spiro atoms. The van der Waals surface area contributed by atoms with E-state index in [1.54, 1.807) is 13.1 Å². The molecule has 29 heavy (non-hydrogen) atoms. The Balaban J connectivity index is 1.61. The highest BCUT2D eigenvalue weighted by atomic mass is 19.1. The maximum atomic E-state index is 13.0. The van der Waals surface area contributed by atoms with Crippen LogP contribution in [0.1, 0.15) is 46.1 Å². The monoisotopic (exact) mass is 401 g/mol. The number of rotatable bonds is 7. The molecule has 156 valence electrons. The molecule has 1 aliphatic rings. The van der Waals surface area contributed by atoms with Crippen molar-refractivity contribution < 1.29 is 19.4 Å². The molecule has 2 N–H and O–H groups in total. The molecule has 3 rings (SSSR count). The summed E-state index contributed by atoms with van der Waals surface area (Å²) in [5, 5.41) is 20.0. The van der Waals surface area contributed by atoms with Crippen molar-refractivity contribution in [3.8, 4) is 5.75 Å². The second-order valence-corrected chi connectivity index (χ2v) is 7.61. The van der Waals surface area contributed by atoms with Gasteiger partial charge in [0, 0.05) is 49.4 Å². The Morgan fingerprint density at radius 1 is 1.28 bits per heavy atom. The van der Waals surface area contributed by atoms with Crippen LogP contribution in [-0.2, 0) is 6.61 Å². The van der Waals surface area contributed by atoms with Crippen molar-refractivity contribution in [3.63, 3.8) is 0 Å². The second-order valence-electron chi connectivity index (χ2n) is 7.61. The highest BCUT2D eigenvalue weighted by molar-refractivity contribution is 5.95. The van der Waals surface area contributed by atoms with Crippen LogP contribution in [0.2, 0.25) is 0 Å². The van der Waals surface area contributed by atoms with Crippen molar-refractivity contribution in [3.05, 3.63) is 58.7 Å². The van der Waals surface area contributed by atoms with Crippen LogP contribution in [0.4, 0.5) is 4.39 Å². The Bertz CT molecular complexity index is 857. The number of hydrogen-bond acceptors (Lipinski definition) is 6. The van der Waals surface area contributed by atoms with Gasteiger partial charge in [0.2, 0.25) is 0 Å². The number of hydrogen-bond donors (Lipinski definition) is 2. The van der Waals surface area contributed by atoms with Crippen LogP contribution >= 0.6 is 0 Å². The molecule has 0 aliphatic carbocycles. The van der Waals surface area contributed by atoms with Crippen LogP contribution in [-0.4, -0.2) is 64.0 Å². The summed E-state index contributed by atoms with van der Waals surface area (Å²) in [4.78, 5) is 21.0. The zero-order valence-corrected chi connectivity index (χ0v) is 16.9. The van der Waals surface area contributed by atoms with Gasteiger partial charge in [-0.15, -0.1) is 0 Å². The summed E-state index contributed by atoms with van der Waals surface area (Å²) in [6, 6.07) is 5.68. The third-order valence-electron chi connectivity index (χ3n) is 5.67. The molecule has 2 heterocycles. The zero-order chi connectivity index (χ0) is 21.0. The number of halogens is 1. The van der Waals surface area contributed by atoms with Crippen molar-refractivity contribution in [1.82, 2.24) is 14.8 Å². The molecule has 1 unspecified atom stereocenters. The van der Waals surface area contributed by atoms with Gasteiger partial charge >= 0.3 is 0 Å². The lowest BCUT2D eigenvalue weighted by Gasteiger charge is -2.40. The molecule has 2 aromatic rings. The highest BCUT2D eigenvalue weighted by Crippen LogP contribution is 2.32. The van der Waals surface area contributed by atoms with Gasteiger partial charge in [-0.3, -0.25) is 14.7 Å². The summed E-state index contributed by atoms with van der Waals surface area (Å²) < 4.78 is 13.0. The molecular formula is C22H28FN3O3. The Hall–Kier alpha value is -2.35. The summed E-state index contributed by atoms with van der Waals surface area (Å²) in [6.07, 6.45) is 2.87. The van der Waals surface area contributed by atoms with Crippen molar-refractivity contribution in [2.24, 2.45) is 0 Å². The van der Waals surface area contributed by atoms with Crippen LogP contribution in [0.15, 0.2) is 30.5 Å². The van der Waals surface area contributed by atoms with E-state index < -0.39 is 0 Å². The van der Waals surface area contributed by atoms with Crippen molar-refractivity contribution in [1.29, 1.82) is 0 Å². The Morgan fingerprint density at radius 3 is 2.69 bits per heavy atom. The number of benzene rings is 1. The van der Waals surface area contributed by atoms with Gasteiger partial charge < -0.3 is 15.1 Å². The number of aromatic hydroxyl groups is 1. The van der Waals surface area contributed by atoms with Gasteiger partial charge in [0.1, 0.15) is 11.6 Å². The Labute approximate surface area is 170 Å². The first-order chi connectivity index (χ1) is 13.9. The molecule has 6 nitrogen and oxygen atoms in total. The molecule has 1 fully saturated rings. The van der Waals surface area contributed by atoms with Gasteiger partial charge in [0.15, 0.2) is 5.78 Å². The number of Topliss-reactive ketones (excluding diaryl/α,β-unsaturated/α-hetero) is 1. The number of aliphatic hydroxyl groups excluding tert-OH is 1. The molecule has 0 amide bonds. The van der Waals surface area contributed by atoms with Gasteiger partial charge in [-0.1, -0.05) is 0 Å². The average Bonchev–Trinajstić information content (AvgIpc) is 2.71. The van der Waals surface area contributed by atoms with Gasteiger partial charge in [-0.25, -0.2) is 4.39 Å². The van der Waals surface area contributed by atoms with E-state index in [9.17, 15) is 19.4 Å². The minimum Gasteiger partial charge on any atom is -0.506 e. The predicted molar refractivity (Wildman–Crippen MR) is 108 cm³/mol. The van der Waals surface area contributed by atoms with E-state index in [0.717, 1.165) is 38.2 Å². The van der Waals surface area contributed by atoms with Crippen molar-refractivity contribution >= 4 is 5.78 Å². The molecule has 0 saturated carbocycles. The Kier molecular flexibility index (Phi) is 6.95. The van der Waals surface area contributed by atoms with Gasteiger partial charge in [-0.05, 0) is 56.8 Å². The number of piperazine rings is 1. The summed E-state index contributed by atoms with van der Waals surface area (Å²) in [6.45, 7) is 4.72. The fraction of sp³-hybridized carbons (Fsp3) is 0.455. The van der Waals surface area contributed by atoms with Crippen molar-refractivity contribution in [2.45, 2.75) is 32.4 Å². The fourth-order valence-electron chi connectivity index (χ4n) is 3.83. The number of pyridine rings is 1. The van der Waals surface area contributed by atoms with E-state index >= 15 is 0 Å². The number of ketones is 1. The minimum absolute atomic E-state index is 0.0118. The van der Waals surface area contributed by atoms with Gasteiger partial charge in [0.25, 0.3) is 0 Å². The lowest BCUT2D eigenvalue weighted by Crippen LogP contribution is -2.47. The number of carbonyl (C=O) groups excluding carboxylic acids is 1. The molecule has 1 saturated heterocycles. The summed E-state index contributed by atoms with van der Waals surface area (Å²) in [7, 11) is 2.03. The van der Waals surface area contributed by atoms with E-state index in [4.69, 9.17) is 0 Å². The molecule has 1 aromatic carbocycles. The zero-order valence-electron chi connectivity index (χ0n) is 16.9. The first-order valence-corrected chi connectivity index (χ1v) is 9.90. The number of aryl methyl sites for hydroxylation is 1. The molecule has 0 radical (unpaired) electrons. The summed E-state index contributed by atoms with van der Waals surface area (Å²) in [5.74, 6) is -0.268. The quantitative estimate of drug-likeness (QED) is 0.695. The third kappa shape index (κ3) is 4.98. The SMILES string of the molecule is Cc1ncc(C2CN(CCCC(=O)c3ccc(F)cc3)CCN2C)c(CO)c1O. The number of aliphatic hydroxyl groups is 1. The smallest absolute Gasteiger partial charge is 0.162 e. The van der Waals surface area contributed by atoms with E-state index in [2.05, 4.69) is 14.8 Å².